The number of piperazine rings is 1. The van der Waals surface area contributed by atoms with Crippen molar-refractivity contribution in [2.24, 2.45) is 0 Å². The molecule has 36 heavy (non-hydrogen) atoms. The van der Waals surface area contributed by atoms with Gasteiger partial charge < -0.3 is 14.4 Å². The van der Waals surface area contributed by atoms with Gasteiger partial charge in [0.25, 0.3) is 10.0 Å². The number of thiazole rings is 1. The Morgan fingerprint density at radius 1 is 1.19 bits per heavy atom. The van der Waals surface area contributed by atoms with Crippen LogP contribution < -0.4 is 9.62 Å². The summed E-state index contributed by atoms with van der Waals surface area (Å²) in [5, 5.41) is 2.78. The van der Waals surface area contributed by atoms with Gasteiger partial charge in [0.15, 0.2) is 5.13 Å². The van der Waals surface area contributed by atoms with Gasteiger partial charge in [-0.1, -0.05) is 12.1 Å². The van der Waals surface area contributed by atoms with E-state index < -0.39 is 16.1 Å². The van der Waals surface area contributed by atoms with E-state index in [2.05, 4.69) is 14.6 Å². The van der Waals surface area contributed by atoms with Gasteiger partial charge in [-0.05, 0) is 50.2 Å². The van der Waals surface area contributed by atoms with Crippen LogP contribution in [0.15, 0.2) is 71.2 Å². The van der Waals surface area contributed by atoms with Crippen molar-refractivity contribution in [2.75, 3.05) is 29.3 Å². The third kappa shape index (κ3) is 4.56. The summed E-state index contributed by atoms with van der Waals surface area (Å²) >= 11 is 1.21. The summed E-state index contributed by atoms with van der Waals surface area (Å²) in [6.45, 7) is 5.50. The van der Waals surface area contributed by atoms with Gasteiger partial charge >= 0.3 is 0 Å². The molecule has 4 aromatic rings. The predicted octanol–water partition coefficient (Wildman–Crippen LogP) is 4.58. The lowest BCUT2D eigenvalue weighted by Crippen LogP contribution is -2.55. The molecule has 0 bridgehead atoms. The van der Waals surface area contributed by atoms with Gasteiger partial charge in [-0.25, -0.2) is 17.8 Å². The number of hydrogen-bond donors (Lipinski definition) is 1. The smallest absolute Gasteiger partial charge is 0.263 e. The molecule has 1 aliphatic rings. The van der Waals surface area contributed by atoms with Crippen molar-refractivity contribution < 1.29 is 19.0 Å². The molecule has 1 saturated heterocycles. The minimum absolute atomic E-state index is 0. The van der Waals surface area contributed by atoms with Gasteiger partial charge in [0, 0.05) is 56.0 Å². The molecule has 1 amide bonds. The number of aromatic nitrogens is 2. The minimum atomic E-state index is -3.71. The van der Waals surface area contributed by atoms with E-state index in [9.17, 15) is 17.6 Å². The van der Waals surface area contributed by atoms with Crippen LogP contribution in [0, 0.1) is 5.82 Å². The number of benzene rings is 2. The van der Waals surface area contributed by atoms with Crippen molar-refractivity contribution >= 4 is 49.0 Å². The van der Waals surface area contributed by atoms with E-state index in [4.69, 9.17) is 0 Å². The van der Waals surface area contributed by atoms with Crippen molar-refractivity contribution in [1.82, 2.24) is 14.5 Å². The molecule has 2 atom stereocenters. The SMILES string of the molecule is CC1CN(c2ccc(S(=O)(=O)Nc3nccs3)cc2)CCN1C(=O)[C@H](C)n1ccc2cccc(F)c21.[HH]. The highest BCUT2D eigenvalue weighted by atomic mass is 32.2. The molecule has 1 aliphatic heterocycles. The molecule has 2 aromatic heterocycles. The van der Waals surface area contributed by atoms with Crippen LogP contribution in [0.3, 0.4) is 0 Å². The van der Waals surface area contributed by atoms with Crippen LogP contribution >= 0.6 is 11.3 Å². The van der Waals surface area contributed by atoms with Gasteiger partial charge in [-0.2, -0.15) is 0 Å². The molecule has 190 valence electrons. The molecule has 8 nitrogen and oxygen atoms in total. The molecule has 2 aromatic carbocycles. The standard InChI is InChI=1S/C25H26FN5O3S2.H2/c1-17-16-29(20-6-8-21(9-7-20)36(33,34)28-25-27-11-15-35-25)13-14-30(17)24(32)18(2)31-12-10-19-4-3-5-22(26)23(19)31;/h3-12,15,17-18H,13-14,16H2,1-2H3,(H,27,28);1H/t17?,18-;/m0./s1. The minimum Gasteiger partial charge on any atom is -0.368 e. The first-order valence-corrected chi connectivity index (χ1v) is 13.9. The average Bonchev–Trinajstić information content (AvgIpc) is 3.53. The van der Waals surface area contributed by atoms with E-state index >= 15 is 0 Å². The third-order valence-electron chi connectivity index (χ3n) is 6.54. The summed E-state index contributed by atoms with van der Waals surface area (Å²) in [4.78, 5) is 21.5. The topological polar surface area (TPSA) is 87.5 Å². The molecular formula is C25H28FN5O3S2. The van der Waals surface area contributed by atoms with Crippen molar-refractivity contribution in [3.63, 3.8) is 0 Å². The number of anilines is 2. The van der Waals surface area contributed by atoms with E-state index in [1.165, 1.54) is 23.6 Å². The Balaban J connectivity index is 0.00000320. The lowest BCUT2D eigenvalue weighted by Gasteiger charge is -2.42. The van der Waals surface area contributed by atoms with Gasteiger partial charge in [0.1, 0.15) is 11.9 Å². The summed E-state index contributed by atoms with van der Waals surface area (Å²) in [6, 6.07) is 12.8. The fourth-order valence-electron chi connectivity index (χ4n) is 4.66. The maximum atomic E-state index is 14.5. The number of amides is 1. The molecule has 3 heterocycles. The Bertz CT molecular complexity index is 1490. The van der Waals surface area contributed by atoms with Crippen LogP contribution in [0.5, 0.6) is 0 Å². The Hall–Kier alpha value is -3.44. The van der Waals surface area contributed by atoms with Crippen LogP contribution in [-0.4, -0.2) is 54.5 Å². The summed E-state index contributed by atoms with van der Waals surface area (Å²) in [5.41, 5.74) is 1.32. The first-order valence-electron chi connectivity index (χ1n) is 11.6. The molecule has 5 rings (SSSR count). The van der Waals surface area contributed by atoms with Crippen molar-refractivity contribution in [3.8, 4) is 0 Å². The normalized spacial score (nSPS) is 17.4. The number of para-hydroxylation sites is 1. The largest absolute Gasteiger partial charge is 0.368 e. The second-order valence-electron chi connectivity index (χ2n) is 8.84. The fourth-order valence-corrected chi connectivity index (χ4v) is 6.45. The van der Waals surface area contributed by atoms with Gasteiger partial charge in [0.05, 0.1) is 10.4 Å². The number of hydrogen-bond acceptors (Lipinski definition) is 6. The highest BCUT2D eigenvalue weighted by Crippen LogP contribution is 2.27. The van der Waals surface area contributed by atoms with Crippen LogP contribution in [0.1, 0.15) is 21.3 Å². The van der Waals surface area contributed by atoms with E-state index in [1.54, 1.807) is 53.4 Å². The lowest BCUT2D eigenvalue weighted by atomic mass is 10.1. The zero-order chi connectivity index (χ0) is 25.4. The number of carbonyl (C=O) groups is 1. The molecule has 0 spiro atoms. The summed E-state index contributed by atoms with van der Waals surface area (Å²) in [7, 11) is -3.71. The number of nitrogens with zero attached hydrogens (tertiary/aromatic N) is 4. The maximum Gasteiger partial charge on any atom is 0.263 e. The number of carbonyl (C=O) groups excluding carboxylic acids is 1. The van der Waals surface area contributed by atoms with Gasteiger partial charge in [-0.3, -0.25) is 9.52 Å². The van der Waals surface area contributed by atoms with Crippen LogP contribution in [0.25, 0.3) is 10.9 Å². The first-order chi connectivity index (χ1) is 17.2. The highest BCUT2D eigenvalue weighted by molar-refractivity contribution is 7.93. The highest BCUT2D eigenvalue weighted by Gasteiger charge is 2.31. The number of halogens is 1. The molecule has 0 radical (unpaired) electrons. The predicted molar refractivity (Wildman–Crippen MR) is 141 cm³/mol. The Morgan fingerprint density at radius 3 is 2.67 bits per heavy atom. The molecule has 11 heteroatoms. The molecular weight excluding hydrogens is 501 g/mol. The number of fused-ring (bicyclic) bond motifs is 1. The molecule has 0 saturated carbocycles. The number of rotatable bonds is 6. The van der Waals surface area contributed by atoms with Crippen molar-refractivity contribution in [2.45, 2.75) is 30.8 Å². The zero-order valence-electron chi connectivity index (χ0n) is 19.8. The average molecular weight is 530 g/mol. The number of nitrogens with one attached hydrogen (secondary N) is 1. The van der Waals surface area contributed by atoms with E-state index in [1.807, 2.05) is 24.0 Å². The van der Waals surface area contributed by atoms with Crippen LogP contribution in [-0.2, 0) is 14.8 Å². The fraction of sp³-hybridized carbons (Fsp3) is 0.280. The lowest BCUT2D eigenvalue weighted by molar-refractivity contribution is -0.136. The quantitative estimate of drug-likeness (QED) is 0.395. The second kappa shape index (κ2) is 9.55. The molecule has 1 fully saturated rings. The first kappa shape index (κ1) is 24.3. The van der Waals surface area contributed by atoms with E-state index in [0.29, 0.717) is 30.3 Å². The van der Waals surface area contributed by atoms with Gasteiger partial charge in [0.2, 0.25) is 5.91 Å². The van der Waals surface area contributed by atoms with Crippen molar-refractivity contribution in [1.29, 1.82) is 0 Å². The Labute approximate surface area is 214 Å². The van der Waals surface area contributed by atoms with E-state index in [-0.39, 0.29) is 24.1 Å². The van der Waals surface area contributed by atoms with Gasteiger partial charge in [-0.15, -0.1) is 11.3 Å². The molecule has 1 unspecified atom stereocenters. The summed E-state index contributed by atoms with van der Waals surface area (Å²) in [6.07, 6.45) is 3.30. The number of sulfonamides is 1. The summed E-state index contributed by atoms with van der Waals surface area (Å²) < 4.78 is 43.8. The zero-order valence-corrected chi connectivity index (χ0v) is 21.5. The Kier molecular flexibility index (Phi) is 6.44. The molecule has 1 N–H and O–H groups in total. The van der Waals surface area contributed by atoms with Crippen molar-refractivity contribution in [3.05, 3.63) is 72.1 Å². The third-order valence-corrected chi connectivity index (χ3v) is 8.71. The summed E-state index contributed by atoms with van der Waals surface area (Å²) in [5.74, 6) is -0.403. The Morgan fingerprint density at radius 2 is 1.97 bits per heavy atom. The van der Waals surface area contributed by atoms with Crippen LogP contribution in [0.2, 0.25) is 0 Å². The molecule has 0 aliphatic carbocycles. The monoisotopic (exact) mass is 529 g/mol. The van der Waals surface area contributed by atoms with E-state index in [0.717, 1.165) is 11.1 Å². The van der Waals surface area contributed by atoms with Crippen LogP contribution in [0.4, 0.5) is 15.2 Å². The maximum absolute atomic E-state index is 14.5. The second-order valence-corrected chi connectivity index (χ2v) is 11.4.